The van der Waals surface area contributed by atoms with Crippen LogP contribution >= 0.6 is 0 Å². The fourth-order valence-corrected chi connectivity index (χ4v) is 0.987. The minimum atomic E-state index is 0.0828. The zero-order chi connectivity index (χ0) is 10.6. The highest BCUT2D eigenvalue weighted by atomic mass is 16.7. The van der Waals surface area contributed by atoms with Crippen LogP contribution in [0.3, 0.4) is 0 Å². The molecule has 1 rings (SSSR count). The standard InChI is InChI=1S/C9H13NO4/c1-7-4-8(13-3)9(5-10(7)11)14-6-12-2/h4-5H,6H2,1-3H3. The van der Waals surface area contributed by atoms with Gasteiger partial charge < -0.3 is 19.4 Å². The SMILES string of the molecule is COCOc1c[n+]([O-])c(C)cc1OC. The average molecular weight is 199 g/mol. The molecule has 0 atom stereocenters. The molecule has 0 fully saturated rings. The molecule has 1 heterocycles. The molecule has 0 aliphatic rings. The highest BCUT2D eigenvalue weighted by Crippen LogP contribution is 2.25. The summed E-state index contributed by atoms with van der Waals surface area (Å²) in [5.74, 6) is 0.890. The maximum absolute atomic E-state index is 11.2. The predicted molar refractivity (Wildman–Crippen MR) is 49.2 cm³/mol. The second-order valence-corrected chi connectivity index (χ2v) is 2.72. The van der Waals surface area contributed by atoms with E-state index in [1.165, 1.54) is 20.4 Å². The topological polar surface area (TPSA) is 54.6 Å². The van der Waals surface area contributed by atoms with Gasteiger partial charge in [0.1, 0.15) is 0 Å². The number of aromatic nitrogens is 1. The molecule has 78 valence electrons. The molecule has 5 heteroatoms. The number of pyridine rings is 1. The van der Waals surface area contributed by atoms with Crippen LogP contribution in [0, 0.1) is 12.1 Å². The molecule has 1 aromatic heterocycles. The third-order valence-corrected chi connectivity index (χ3v) is 1.72. The molecule has 0 aliphatic carbocycles. The smallest absolute Gasteiger partial charge is 0.229 e. The van der Waals surface area contributed by atoms with Crippen LogP contribution in [0.5, 0.6) is 11.5 Å². The van der Waals surface area contributed by atoms with Gasteiger partial charge in [-0.15, -0.1) is 0 Å². The molecule has 0 aliphatic heterocycles. The summed E-state index contributed by atoms with van der Waals surface area (Å²) in [7, 11) is 3.02. The first kappa shape index (κ1) is 10.6. The number of ether oxygens (including phenoxy) is 3. The summed E-state index contributed by atoms with van der Waals surface area (Å²) in [6.07, 6.45) is 1.31. The second-order valence-electron chi connectivity index (χ2n) is 2.72. The van der Waals surface area contributed by atoms with Crippen molar-refractivity contribution in [2.24, 2.45) is 0 Å². The van der Waals surface area contributed by atoms with Crippen molar-refractivity contribution >= 4 is 0 Å². The van der Waals surface area contributed by atoms with Crippen LogP contribution in [0.4, 0.5) is 0 Å². The quantitative estimate of drug-likeness (QED) is 0.405. The first-order valence-electron chi connectivity index (χ1n) is 4.08. The number of hydrogen-bond acceptors (Lipinski definition) is 4. The summed E-state index contributed by atoms with van der Waals surface area (Å²) in [6.45, 7) is 1.77. The molecule has 0 amide bonds. The molecule has 14 heavy (non-hydrogen) atoms. The second kappa shape index (κ2) is 4.66. The Kier molecular flexibility index (Phi) is 3.53. The first-order valence-corrected chi connectivity index (χ1v) is 4.08. The lowest BCUT2D eigenvalue weighted by Gasteiger charge is -2.10. The van der Waals surface area contributed by atoms with Crippen LogP contribution in [0.1, 0.15) is 5.69 Å². The van der Waals surface area contributed by atoms with E-state index in [0.29, 0.717) is 21.9 Å². The summed E-state index contributed by atoms with van der Waals surface area (Å²) in [4.78, 5) is 0. The van der Waals surface area contributed by atoms with Crippen LogP contribution in [-0.4, -0.2) is 21.0 Å². The molecule has 0 saturated carbocycles. The van der Waals surface area contributed by atoms with Gasteiger partial charge in [-0.05, 0) is 0 Å². The number of nitrogens with zero attached hydrogens (tertiary/aromatic N) is 1. The van der Waals surface area contributed by atoms with Crippen LogP contribution in [0.15, 0.2) is 12.3 Å². The van der Waals surface area contributed by atoms with E-state index in [2.05, 4.69) is 0 Å². The van der Waals surface area contributed by atoms with Crippen LogP contribution in [-0.2, 0) is 4.74 Å². The molecule has 0 saturated heterocycles. The molecule has 0 radical (unpaired) electrons. The van der Waals surface area contributed by atoms with Gasteiger partial charge in [0.05, 0.1) is 13.2 Å². The average Bonchev–Trinajstić information content (AvgIpc) is 2.19. The molecule has 1 aromatic rings. The molecule has 0 N–H and O–H groups in total. The molecule has 0 unspecified atom stereocenters. The van der Waals surface area contributed by atoms with E-state index in [0.717, 1.165) is 0 Å². The summed E-state index contributed by atoms with van der Waals surface area (Å²) in [6, 6.07) is 1.61. The Bertz CT molecular complexity index is 314. The lowest BCUT2D eigenvalue weighted by atomic mass is 10.3. The van der Waals surface area contributed by atoms with E-state index in [4.69, 9.17) is 14.2 Å². The van der Waals surface area contributed by atoms with Gasteiger partial charge in [-0.3, -0.25) is 0 Å². The minimum Gasteiger partial charge on any atom is -0.618 e. The monoisotopic (exact) mass is 199 g/mol. The minimum absolute atomic E-state index is 0.0828. The van der Waals surface area contributed by atoms with Crippen LogP contribution in [0.25, 0.3) is 0 Å². The van der Waals surface area contributed by atoms with E-state index in [-0.39, 0.29) is 6.79 Å². The Hall–Kier alpha value is -1.49. The third-order valence-electron chi connectivity index (χ3n) is 1.72. The van der Waals surface area contributed by atoms with Gasteiger partial charge >= 0.3 is 0 Å². The fourth-order valence-electron chi connectivity index (χ4n) is 0.987. The largest absolute Gasteiger partial charge is 0.618 e. The zero-order valence-corrected chi connectivity index (χ0v) is 8.44. The molecule has 0 spiro atoms. The van der Waals surface area contributed by atoms with Gasteiger partial charge in [0.2, 0.25) is 11.9 Å². The Morgan fingerprint density at radius 1 is 1.36 bits per heavy atom. The summed E-state index contributed by atoms with van der Waals surface area (Å²) < 4.78 is 15.6. The maximum Gasteiger partial charge on any atom is 0.229 e. The normalized spacial score (nSPS) is 9.93. The highest BCUT2D eigenvalue weighted by Gasteiger charge is 2.11. The maximum atomic E-state index is 11.2. The molecular formula is C9H13NO4. The van der Waals surface area contributed by atoms with E-state index < -0.39 is 0 Å². The van der Waals surface area contributed by atoms with Gasteiger partial charge in [0, 0.05) is 14.0 Å². The van der Waals surface area contributed by atoms with Crippen molar-refractivity contribution in [3.63, 3.8) is 0 Å². The Labute approximate surface area is 82.4 Å². The lowest BCUT2D eigenvalue weighted by molar-refractivity contribution is -0.612. The van der Waals surface area contributed by atoms with Crippen LogP contribution in [0.2, 0.25) is 0 Å². The van der Waals surface area contributed by atoms with E-state index in [9.17, 15) is 5.21 Å². The van der Waals surface area contributed by atoms with Crippen molar-refractivity contribution in [3.05, 3.63) is 23.2 Å². The first-order chi connectivity index (χ1) is 6.69. The summed E-state index contributed by atoms with van der Waals surface area (Å²) in [5.41, 5.74) is 0.548. The Morgan fingerprint density at radius 2 is 2.07 bits per heavy atom. The van der Waals surface area contributed by atoms with E-state index in [1.54, 1.807) is 13.0 Å². The van der Waals surface area contributed by atoms with E-state index in [1.807, 2.05) is 0 Å². The van der Waals surface area contributed by atoms with Gasteiger partial charge in [-0.25, -0.2) is 0 Å². The number of aryl methyl sites for hydroxylation is 1. The number of hydrogen-bond donors (Lipinski definition) is 0. The number of methoxy groups -OCH3 is 2. The number of rotatable bonds is 4. The highest BCUT2D eigenvalue weighted by molar-refractivity contribution is 5.36. The molecule has 0 aromatic carbocycles. The van der Waals surface area contributed by atoms with Gasteiger partial charge in [-0.1, -0.05) is 0 Å². The van der Waals surface area contributed by atoms with Crippen molar-refractivity contribution < 1.29 is 18.9 Å². The molecule has 5 nitrogen and oxygen atoms in total. The van der Waals surface area contributed by atoms with Crippen LogP contribution < -0.4 is 14.2 Å². The molecular weight excluding hydrogens is 186 g/mol. The Balaban J connectivity index is 2.95. The van der Waals surface area contributed by atoms with E-state index >= 15 is 0 Å². The summed E-state index contributed by atoms with van der Waals surface area (Å²) >= 11 is 0. The van der Waals surface area contributed by atoms with Gasteiger partial charge in [-0.2, -0.15) is 4.73 Å². The van der Waals surface area contributed by atoms with Crippen molar-refractivity contribution in [1.29, 1.82) is 0 Å². The van der Waals surface area contributed by atoms with Crippen molar-refractivity contribution in [3.8, 4) is 11.5 Å². The lowest BCUT2D eigenvalue weighted by Crippen LogP contribution is -2.29. The fraction of sp³-hybridized carbons (Fsp3) is 0.444. The Morgan fingerprint density at radius 3 is 2.64 bits per heavy atom. The summed E-state index contributed by atoms with van der Waals surface area (Å²) in [5, 5.41) is 11.2. The predicted octanol–water partition coefficient (Wildman–Crippen LogP) is 0.620. The van der Waals surface area contributed by atoms with Gasteiger partial charge in [0.25, 0.3) is 0 Å². The zero-order valence-electron chi connectivity index (χ0n) is 8.44. The molecule has 0 bridgehead atoms. The third kappa shape index (κ3) is 2.26. The van der Waals surface area contributed by atoms with Gasteiger partial charge in [0.15, 0.2) is 18.2 Å². The van der Waals surface area contributed by atoms with Crippen molar-refractivity contribution in [2.75, 3.05) is 21.0 Å². The van der Waals surface area contributed by atoms with Crippen molar-refractivity contribution in [2.45, 2.75) is 6.92 Å². The van der Waals surface area contributed by atoms with Crippen molar-refractivity contribution in [1.82, 2.24) is 0 Å².